The molecule has 3 aromatic heterocycles. The quantitative estimate of drug-likeness (QED) is 0.450. The molecule has 4 aromatic rings. The second-order valence-electron chi connectivity index (χ2n) is 6.60. The normalized spacial score (nSPS) is 12.0. The number of benzene rings is 1. The van der Waals surface area contributed by atoms with E-state index in [1.54, 1.807) is 25.5 Å². The molecule has 30 heavy (non-hydrogen) atoms. The number of nitrogens with one attached hydrogen (secondary N) is 2. The summed E-state index contributed by atoms with van der Waals surface area (Å²) in [7, 11) is 0. The Labute approximate surface area is 177 Å². The van der Waals surface area contributed by atoms with E-state index >= 15 is 0 Å². The molecule has 0 radical (unpaired) electrons. The number of hydrogen-bond acceptors (Lipinski definition) is 7. The monoisotopic (exact) mass is 420 g/mol. The number of amides is 2. The Morgan fingerprint density at radius 2 is 1.97 bits per heavy atom. The number of hydrogen-bond donors (Lipinski definition) is 3. The Morgan fingerprint density at radius 3 is 2.63 bits per heavy atom. The number of pyridine rings is 1. The molecular weight excluding hydrogens is 400 g/mol. The minimum absolute atomic E-state index is 0.293. The summed E-state index contributed by atoms with van der Waals surface area (Å²) in [5.41, 5.74) is 4.12. The van der Waals surface area contributed by atoms with Gasteiger partial charge in [0.25, 0.3) is 0 Å². The number of fused-ring (bicyclic) bond motifs is 1. The summed E-state index contributed by atoms with van der Waals surface area (Å²) in [5, 5.41) is 15.6. The number of nitrogens with zero attached hydrogens (tertiary/aromatic N) is 4. The van der Waals surface area contributed by atoms with Gasteiger partial charge in [-0.25, -0.2) is 19.7 Å². The van der Waals surface area contributed by atoms with Crippen LogP contribution in [0.5, 0.6) is 0 Å². The van der Waals surface area contributed by atoms with Gasteiger partial charge in [0.15, 0.2) is 11.0 Å². The van der Waals surface area contributed by atoms with E-state index in [-0.39, 0.29) is 6.03 Å². The Kier molecular flexibility index (Phi) is 5.64. The van der Waals surface area contributed by atoms with Crippen molar-refractivity contribution in [1.82, 2.24) is 25.3 Å². The number of aliphatic hydroxyl groups is 1. The second kappa shape index (κ2) is 8.52. The Balaban J connectivity index is 1.82. The first kappa shape index (κ1) is 19.9. The predicted octanol–water partition coefficient (Wildman–Crippen LogP) is 4.01. The van der Waals surface area contributed by atoms with Gasteiger partial charge >= 0.3 is 6.03 Å². The van der Waals surface area contributed by atoms with Crippen molar-refractivity contribution >= 4 is 32.7 Å². The molecular formula is C21H20N6O2S. The van der Waals surface area contributed by atoms with E-state index in [1.165, 1.54) is 11.3 Å². The van der Waals surface area contributed by atoms with Crippen LogP contribution in [-0.2, 0) is 0 Å². The molecule has 0 aliphatic heterocycles. The zero-order valence-corrected chi connectivity index (χ0v) is 17.3. The molecule has 1 unspecified atom stereocenters. The summed E-state index contributed by atoms with van der Waals surface area (Å²) >= 11 is 1.40. The Morgan fingerprint density at radius 1 is 1.17 bits per heavy atom. The minimum Gasteiger partial charge on any atom is -0.385 e. The van der Waals surface area contributed by atoms with Crippen molar-refractivity contribution in [3.63, 3.8) is 0 Å². The first-order valence-electron chi connectivity index (χ1n) is 9.46. The molecule has 0 fully saturated rings. The lowest BCUT2D eigenvalue weighted by Crippen LogP contribution is -2.28. The lowest BCUT2D eigenvalue weighted by atomic mass is 10.0. The number of aromatic nitrogens is 4. The van der Waals surface area contributed by atoms with Crippen LogP contribution < -0.4 is 10.6 Å². The minimum atomic E-state index is -0.730. The second-order valence-corrected chi connectivity index (χ2v) is 7.60. The van der Waals surface area contributed by atoms with Crippen LogP contribution >= 0.6 is 11.3 Å². The predicted molar refractivity (Wildman–Crippen MR) is 117 cm³/mol. The molecule has 8 nitrogen and oxygen atoms in total. The van der Waals surface area contributed by atoms with Crippen molar-refractivity contribution in [3.8, 4) is 22.4 Å². The van der Waals surface area contributed by atoms with Crippen LogP contribution in [0.4, 0.5) is 9.93 Å². The fourth-order valence-electron chi connectivity index (χ4n) is 2.97. The SMILES string of the molecule is CCNC(=O)Nc1nc2cc(-c3cnc(C(C)O)nc3)cc(-c3ccccn3)c2s1. The largest absolute Gasteiger partial charge is 0.385 e. The molecule has 0 aliphatic rings. The van der Waals surface area contributed by atoms with E-state index in [0.29, 0.717) is 17.5 Å². The van der Waals surface area contributed by atoms with Gasteiger partial charge < -0.3 is 10.4 Å². The van der Waals surface area contributed by atoms with Crippen molar-refractivity contribution < 1.29 is 9.90 Å². The van der Waals surface area contributed by atoms with E-state index in [1.807, 2.05) is 37.3 Å². The van der Waals surface area contributed by atoms with Crippen LogP contribution in [0.15, 0.2) is 48.9 Å². The molecule has 3 heterocycles. The van der Waals surface area contributed by atoms with Crippen molar-refractivity contribution in [2.75, 3.05) is 11.9 Å². The van der Waals surface area contributed by atoms with Crippen LogP contribution in [-0.4, -0.2) is 37.6 Å². The molecule has 1 aromatic carbocycles. The Hall–Kier alpha value is -3.43. The molecule has 2 amide bonds. The van der Waals surface area contributed by atoms with Gasteiger partial charge in [0.2, 0.25) is 0 Å². The van der Waals surface area contributed by atoms with Crippen molar-refractivity contribution in [3.05, 3.63) is 54.7 Å². The number of carbonyl (C=O) groups excluding carboxylic acids is 1. The molecule has 9 heteroatoms. The zero-order chi connectivity index (χ0) is 21.1. The van der Waals surface area contributed by atoms with E-state index in [9.17, 15) is 9.90 Å². The summed E-state index contributed by atoms with van der Waals surface area (Å²) in [6, 6.07) is 9.38. The molecule has 0 saturated carbocycles. The first-order chi connectivity index (χ1) is 14.5. The van der Waals surface area contributed by atoms with Gasteiger partial charge in [-0.05, 0) is 43.7 Å². The van der Waals surface area contributed by atoms with Gasteiger partial charge in [-0.15, -0.1) is 0 Å². The topological polar surface area (TPSA) is 113 Å². The van der Waals surface area contributed by atoms with Crippen LogP contribution in [0.3, 0.4) is 0 Å². The van der Waals surface area contributed by atoms with E-state index in [0.717, 1.165) is 32.6 Å². The highest BCUT2D eigenvalue weighted by Gasteiger charge is 2.15. The van der Waals surface area contributed by atoms with Gasteiger partial charge in [-0.2, -0.15) is 0 Å². The maximum absolute atomic E-state index is 11.9. The molecule has 4 rings (SSSR count). The zero-order valence-electron chi connectivity index (χ0n) is 16.5. The summed E-state index contributed by atoms with van der Waals surface area (Å²) < 4.78 is 0.922. The fraction of sp³-hybridized carbons (Fsp3) is 0.190. The number of thiazole rings is 1. The molecule has 0 spiro atoms. The molecule has 0 aliphatic carbocycles. The Bertz CT molecular complexity index is 1180. The first-order valence-corrected chi connectivity index (χ1v) is 10.3. The van der Waals surface area contributed by atoms with Crippen molar-refractivity contribution in [2.45, 2.75) is 20.0 Å². The average Bonchev–Trinajstić information content (AvgIpc) is 3.16. The highest BCUT2D eigenvalue weighted by Crippen LogP contribution is 2.38. The standard InChI is InChI=1S/C21H20N6O2S/c1-3-22-20(29)27-21-26-17-9-13(14-10-24-19(12(2)28)25-11-14)8-15(18(17)30-21)16-6-4-5-7-23-16/h4-12,28H,3H2,1-2H3,(H2,22,26,27,29). The third-order valence-corrected chi connectivity index (χ3v) is 5.39. The van der Waals surface area contributed by atoms with E-state index < -0.39 is 6.10 Å². The van der Waals surface area contributed by atoms with Gasteiger partial charge in [-0.3, -0.25) is 10.3 Å². The van der Waals surface area contributed by atoms with E-state index in [2.05, 4.69) is 30.6 Å². The number of carbonyl (C=O) groups is 1. The van der Waals surface area contributed by atoms with Crippen LogP contribution in [0.2, 0.25) is 0 Å². The summed E-state index contributed by atoms with van der Waals surface area (Å²) in [5.74, 6) is 0.367. The lowest BCUT2D eigenvalue weighted by molar-refractivity contribution is 0.189. The van der Waals surface area contributed by atoms with Crippen LogP contribution in [0.1, 0.15) is 25.8 Å². The molecule has 152 valence electrons. The summed E-state index contributed by atoms with van der Waals surface area (Å²) in [6.45, 7) is 4.01. The average molecular weight is 420 g/mol. The third kappa shape index (κ3) is 4.12. The van der Waals surface area contributed by atoms with Crippen LogP contribution in [0.25, 0.3) is 32.6 Å². The number of rotatable bonds is 5. The number of urea groups is 1. The van der Waals surface area contributed by atoms with Gasteiger partial charge in [-0.1, -0.05) is 17.4 Å². The van der Waals surface area contributed by atoms with Gasteiger partial charge in [0.05, 0.1) is 15.9 Å². The van der Waals surface area contributed by atoms with Gasteiger partial charge in [0, 0.05) is 36.3 Å². The highest BCUT2D eigenvalue weighted by molar-refractivity contribution is 7.22. The summed E-state index contributed by atoms with van der Waals surface area (Å²) in [4.78, 5) is 29.5. The maximum Gasteiger partial charge on any atom is 0.321 e. The summed E-state index contributed by atoms with van der Waals surface area (Å²) in [6.07, 6.45) is 4.37. The molecule has 0 bridgehead atoms. The number of aliphatic hydroxyl groups excluding tert-OH is 1. The molecule has 0 saturated heterocycles. The van der Waals surface area contributed by atoms with E-state index in [4.69, 9.17) is 0 Å². The van der Waals surface area contributed by atoms with Crippen molar-refractivity contribution in [1.29, 1.82) is 0 Å². The smallest absolute Gasteiger partial charge is 0.321 e. The van der Waals surface area contributed by atoms with Gasteiger partial charge in [0.1, 0.15) is 6.10 Å². The van der Waals surface area contributed by atoms with Crippen LogP contribution in [0, 0.1) is 0 Å². The molecule has 1 atom stereocenters. The molecule has 3 N–H and O–H groups in total. The maximum atomic E-state index is 11.9. The lowest BCUT2D eigenvalue weighted by Gasteiger charge is -2.08. The highest BCUT2D eigenvalue weighted by atomic mass is 32.1. The number of anilines is 1. The third-order valence-electron chi connectivity index (χ3n) is 4.37. The fourth-order valence-corrected chi connectivity index (χ4v) is 3.93. The van der Waals surface area contributed by atoms with Crippen molar-refractivity contribution in [2.24, 2.45) is 0 Å².